The minimum absolute atomic E-state index is 0.129. The molecule has 3 aromatic rings. The van der Waals surface area contributed by atoms with Crippen molar-refractivity contribution < 1.29 is 21.6 Å². The number of sulfonamides is 1. The number of nitrogens with one attached hydrogen (secondary N) is 1. The maximum absolute atomic E-state index is 13.2. The normalized spacial score (nSPS) is 15.7. The first-order chi connectivity index (χ1) is 16.5. The van der Waals surface area contributed by atoms with E-state index in [1.54, 1.807) is 0 Å². The van der Waals surface area contributed by atoms with Crippen LogP contribution in [0, 0.1) is 19.8 Å². The molecule has 8 nitrogen and oxygen atoms in total. The molecule has 0 atom stereocenters. The number of amides is 1. The molecule has 186 valence electrons. The Morgan fingerprint density at radius 3 is 2.34 bits per heavy atom. The summed E-state index contributed by atoms with van der Waals surface area (Å²) in [6.45, 7) is 4.29. The predicted octanol–water partition coefficient (Wildman–Crippen LogP) is 3.87. The van der Waals surface area contributed by atoms with Gasteiger partial charge in [0.05, 0.1) is 10.6 Å². The van der Waals surface area contributed by atoms with Gasteiger partial charge in [0.25, 0.3) is 0 Å². The van der Waals surface area contributed by atoms with E-state index in [0.29, 0.717) is 18.0 Å². The van der Waals surface area contributed by atoms with Gasteiger partial charge in [0.15, 0.2) is 15.0 Å². The molecule has 0 radical (unpaired) electrons. The molecule has 0 aliphatic carbocycles. The summed E-state index contributed by atoms with van der Waals surface area (Å²) in [5.41, 5.74) is 4.06. The fraction of sp³-hybridized carbons (Fsp3) is 0.333. The summed E-state index contributed by atoms with van der Waals surface area (Å²) in [6, 6.07) is 11.7. The van der Waals surface area contributed by atoms with E-state index in [1.807, 2.05) is 31.4 Å². The van der Waals surface area contributed by atoms with Gasteiger partial charge in [-0.05, 0) is 50.5 Å². The van der Waals surface area contributed by atoms with Crippen LogP contribution in [0.5, 0.6) is 0 Å². The molecule has 0 bridgehead atoms. The van der Waals surface area contributed by atoms with Crippen LogP contribution in [0.25, 0.3) is 11.3 Å². The highest BCUT2D eigenvalue weighted by atomic mass is 32.2. The van der Waals surface area contributed by atoms with Gasteiger partial charge in [-0.25, -0.2) is 21.8 Å². The quantitative estimate of drug-likeness (QED) is 0.515. The van der Waals surface area contributed by atoms with Gasteiger partial charge in [0, 0.05) is 36.2 Å². The lowest BCUT2D eigenvalue weighted by atomic mass is 9.97. The Hall–Kier alpha value is -2.60. The Balaban J connectivity index is 1.42. The Morgan fingerprint density at radius 2 is 1.69 bits per heavy atom. The van der Waals surface area contributed by atoms with Gasteiger partial charge in [-0.3, -0.25) is 4.79 Å². The van der Waals surface area contributed by atoms with E-state index in [1.165, 1.54) is 39.9 Å². The van der Waals surface area contributed by atoms with Crippen molar-refractivity contribution in [2.45, 2.75) is 36.5 Å². The lowest BCUT2D eigenvalue weighted by Gasteiger charge is -2.30. The second kappa shape index (κ2) is 9.81. The lowest BCUT2D eigenvalue weighted by Crippen LogP contribution is -2.41. The van der Waals surface area contributed by atoms with Crippen LogP contribution in [0.3, 0.4) is 0 Å². The molecule has 0 unspecified atom stereocenters. The maximum Gasteiger partial charge on any atom is 0.244 e. The molecular formula is C24H27N3O5S3. The fourth-order valence-corrected chi connectivity index (χ4v) is 7.93. The summed E-state index contributed by atoms with van der Waals surface area (Å²) in [7, 11) is -7.72. The molecule has 1 aromatic heterocycles. The van der Waals surface area contributed by atoms with Crippen molar-refractivity contribution in [3.8, 4) is 11.3 Å². The molecule has 0 spiro atoms. The summed E-state index contributed by atoms with van der Waals surface area (Å²) in [4.78, 5) is 17.0. The molecule has 1 amide bonds. The highest BCUT2D eigenvalue weighted by Gasteiger charge is 2.34. The zero-order valence-electron chi connectivity index (χ0n) is 19.7. The number of sulfone groups is 1. The number of carbonyl (C=O) groups is 1. The van der Waals surface area contributed by atoms with Crippen molar-refractivity contribution in [2.75, 3.05) is 24.7 Å². The molecular weight excluding hydrogens is 506 g/mol. The average molecular weight is 534 g/mol. The van der Waals surface area contributed by atoms with E-state index in [4.69, 9.17) is 0 Å². The summed E-state index contributed by atoms with van der Waals surface area (Å²) in [5, 5.41) is 5.28. The molecule has 11 heteroatoms. The monoisotopic (exact) mass is 533 g/mol. The van der Waals surface area contributed by atoms with Crippen LogP contribution in [-0.2, 0) is 24.7 Å². The van der Waals surface area contributed by atoms with E-state index >= 15 is 0 Å². The first kappa shape index (κ1) is 25.5. The average Bonchev–Trinajstić information content (AvgIpc) is 3.28. The zero-order chi connectivity index (χ0) is 25.4. The lowest BCUT2D eigenvalue weighted by molar-refractivity contribution is -0.120. The number of benzene rings is 2. The molecule has 4 rings (SSSR count). The SMILES string of the molecule is Cc1ccc(C)c(-c2csc(NC(=O)C3CCN(S(=O)(=O)c4ccccc4S(C)(=O)=O)CC3)n2)c1. The third kappa shape index (κ3) is 5.48. The minimum atomic E-state index is -4.01. The summed E-state index contributed by atoms with van der Waals surface area (Å²) < 4.78 is 51.7. The van der Waals surface area contributed by atoms with E-state index in [0.717, 1.165) is 28.6 Å². The van der Waals surface area contributed by atoms with Crippen LogP contribution in [0.4, 0.5) is 5.13 Å². The standard InChI is InChI=1S/C24H27N3O5S3/c1-16-8-9-17(2)19(14-16)20-15-33-24(25-20)26-23(28)18-10-12-27(13-11-18)35(31,32)22-7-5-4-6-21(22)34(3,29)30/h4-9,14-15,18H,10-13H2,1-3H3,(H,25,26,28). The molecule has 2 heterocycles. The maximum atomic E-state index is 13.2. The van der Waals surface area contributed by atoms with Crippen LogP contribution < -0.4 is 5.32 Å². The number of piperidine rings is 1. The molecule has 1 aliphatic heterocycles. The van der Waals surface area contributed by atoms with Crippen molar-refractivity contribution in [2.24, 2.45) is 5.92 Å². The molecule has 1 fully saturated rings. The number of hydrogen-bond donors (Lipinski definition) is 1. The number of hydrogen-bond acceptors (Lipinski definition) is 7. The molecule has 35 heavy (non-hydrogen) atoms. The van der Waals surface area contributed by atoms with Gasteiger partial charge in [0.1, 0.15) is 4.90 Å². The topological polar surface area (TPSA) is 114 Å². The third-order valence-corrected chi connectivity index (χ3v) is 10.1. The number of thiazole rings is 1. The van der Waals surface area contributed by atoms with Gasteiger partial charge >= 0.3 is 0 Å². The number of anilines is 1. The Bertz CT molecular complexity index is 1470. The first-order valence-electron chi connectivity index (χ1n) is 11.1. The second-order valence-electron chi connectivity index (χ2n) is 8.74. The van der Waals surface area contributed by atoms with E-state index < -0.39 is 19.9 Å². The van der Waals surface area contributed by atoms with Crippen LogP contribution in [0.15, 0.2) is 57.6 Å². The van der Waals surface area contributed by atoms with Gasteiger partial charge in [0.2, 0.25) is 15.9 Å². The van der Waals surface area contributed by atoms with Gasteiger partial charge in [-0.2, -0.15) is 4.31 Å². The highest BCUT2D eigenvalue weighted by Crippen LogP contribution is 2.31. The number of carbonyl (C=O) groups excluding carboxylic acids is 1. The van der Waals surface area contributed by atoms with Crippen molar-refractivity contribution in [3.63, 3.8) is 0 Å². The largest absolute Gasteiger partial charge is 0.302 e. The molecule has 0 saturated carbocycles. The number of aromatic nitrogens is 1. The Labute approximate surface area is 210 Å². The van der Waals surface area contributed by atoms with Gasteiger partial charge in [-0.1, -0.05) is 29.8 Å². The zero-order valence-corrected chi connectivity index (χ0v) is 22.1. The van der Waals surface area contributed by atoms with Crippen molar-refractivity contribution in [1.82, 2.24) is 9.29 Å². The first-order valence-corrected chi connectivity index (χ1v) is 15.3. The smallest absolute Gasteiger partial charge is 0.244 e. The Kier molecular flexibility index (Phi) is 7.14. The fourth-order valence-electron chi connectivity index (χ4n) is 4.14. The van der Waals surface area contributed by atoms with Gasteiger partial charge < -0.3 is 5.32 Å². The van der Waals surface area contributed by atoms with Crippen LogP contribution in [0.2, 0.25) is 0 Å². The van der Waals surface area contributed by atoms with E-state index in [-0.39, 0.29) is 34.7 Å². The van der Waals surface area contributed by atoms with Crippen LogP contribution in [0.1, 0.15) is 24.0 Å². The number of rotatable bonds is 6. The molecule has 1 N–H and O–H groups in total. The van der Waals surface area contributed by atoms with E-state index in [9.17, 15) is 21.6 Å². The van der Waals surface area contributed by atoms with Crippen molar-refractivity contribution in [3.05, 3.63) is 59.0 Å². The highest BCUT2D eigenvalue weighted by molar-refractivity contribution is 7.93. The molecule has 2 aromatic carbocycles. The minimum Gasteiger partial charge on any atom is -0.302 e. The number of aryl methyl sites for hydroxylation is 2. The van der Waals surface area contributed by atoms with Crippen LogP contribution in [-0.4, -0.2) is 51.4 Å². The van der Waals surface area contributed by atoms with Gasteiger partial charge in [-0.15, -0.1) is 11.3 Å². The third-order valence-electron chi connectivity index (χ3n) is 6.09. The summed E-state index contributed by atoms with van der Waals surface area (Å²) in [6.07, 6.45) is 1.66. The number of nitrogens with zero attached hydrogens (tertiary/aromatic N) is 2. The summed E-state index contributed by atoms with van der Waals surface area (Å²) in [5.74, 6) is -0.555. The van der Waals surface area contributed by atoms with Crippen molar-refractivity contribution in [1.29, 1.82) is 0 Å². The Morgan fingerprint density at radius 1 is 1.03 bits per heavy atom. The summed E-state index contributed by atoms with van der Waals surface area (Å²) >= 11 is 1.35. The molecule has 1 saturated heterocycles. The predicted molar refractivity (Wildman–Crippen MR) is 137 cm³/mol. The van der Waals surface area contributed by atoms with E-state index in [2.05, 4.69) is 16.4 Å². The van der Waals surface area contributed by atoms with Crippen LogP contribution >= 0.6 is 11.3 Å². The molecule has 1 aliphatic rings. The van der Waals surface area contributed by atoms with Crippen molar-refractivity contribution >= 4 is 42.2 Å². The second-order valence-corrected chi connectivity index (χ2v) is 13.5.